The Morgan fingerprint density at radius 2 is 1.86 bits per heavy atom. The number of benzene rings is 1. The first-order valence-electron chi connectivity index (χ1n) is 12.3. The van der Waals surface area contributed by atoms with Crippen molar-refractivity contribution in [2.75, 3.05) is 0 Å². The predicted molar refractivity (Wildman–Crippen MR) is 131 cm³/mol. The molecule has 1 aliphatic carbocycles. The number of aromatic nitrogens is 3. The van der Waals surface area contributed by atoms with Crippen molar-refractivity contribution in [3.05, 3.63) is 34.5 Å². The van der Waals surface area contributed by atoms with Gasteiger partial charge < -0.3 is 14.4 Å². The highest BCUT2D eigenvalue weighted by atomic mass is 16.5. The fourth-order valence-corrected chi connectivity index (χ4v) is 5.46. The summed E-state index contributed by atoms with van der Waals surface area (Å²) in [5.74, 6) is 1.07. The van der Waals surface area contributed by atoms with Crippen LogP contribution >= 0.6 is 0 Å². The first-order valence-corrected chi connectivity index (χ1v) is 12.3. The molecule has 3 heterocycles. The van der Waals surface area contributed by atoms with Gasteiger partial charge in [-0.15, -0.1) is 0 Å². The van der Waals surface area contributed by atoms with Crippen LogP contribution in [0.15, 0.2) is 10.6 Å². The zero-order valence-electron chi connectivity index (χ0n) is 21.5. The van der Waals surface area contributed by atoms with Gasteiger partial charge in [-0.05, 0) is 76.0 Å². The van der Waals surface area contributed by atoms with Crippen LogP contribution < -0.4 is 0 Å². The molecular formula is C27H33N3O5. The third-order valence-corrected chi connectivity index (χ3v) is 7.17. The van der Waals surface area contributed by atoms with Crippen LogP contribution in [-0.4, -0.2) is 43.4 Å². The summed E-state index contributed by atoms with van der Waals surface area (Å²) in [7, 11) is 0. The van der Waals surface area contributed by atoms with Crippen molar-refractivity contribution in [1.29, 1.82) is 0 Å². The number of nitrogens with zero attached hydrogens (tertiary/aromatic N) is 3. The summed E-state index contributed by atoms with van der Waals surface area (Å²) in [4.78, 5) is 31.5. The summed E-state index contributed by atoms with van der Waals surface area (Å²) >= 11 is 0. The summed E-state index contributed by atoms with van der Waals surface area (Å²) in [5.41, 5.74) is 3.51. The molecule has 2 aliphatic rings. The Balaban J connectivity index is 1.91. The van der Waals surface area contributed by atoms with E-state index in [9.17, 15) is 14.7 Å². The number of hydrogen-bond acceptors (Lipinski definition) is 6. The van der Waals surface area contributed by atoms with Crippen LogP contribution in [0.5, 0.6) is 0 Å². The van der Waals surface area contributed by atoms with Crippen molar-refractivity contribution in [1.82, 2.24) is 14.7 Å². The number of rotatable bonds is 4. The summed E-state index contributed by atoms with van der Waals surface area (Å²) in [6, 6.07) is 1.85. The van der Waals surface area contributed by atoms with Crippen LogP contribution in [0.1, 0.15) is 99.4 Å². The summed E-state index contributed by atoms with van der Waals surface area (Å²) in [6.45, 7) is 13.8. The lowest BCUT2D eigenvalue weighted by atomic mass is 9.76. The van der Waals surface area contributed by atoms with Gasteiger partial charge in [0.2, 0.25) is 0 Å². The Labute approximate surface area is 204 Å². The molecule has 2 fully saturated rings. The molecule has 1 saturated carbocycles. The third-order valence-electron chi connectivity index (χ3n) is 7.17. The highest BCUT2D eigenvalue weighted by molar-refractivity contribution is 6.13. The van der Waals surface area contributed by atoms with Gasteiger partial charge in [-0.2, -0.15) is 0 Å². The second-order valence-corrected chi connectivity index (χ2v) is 11.6. The number of ether oxygens (including phenoxy) is 1. The highest BCUT2D eigenvalue weighted by Gasteiger charge is 2.41. The zero-order valence-corrected chi connectivity index (χ0v) is 21.5. The number of fused-ring (bicyclic) bond motifs is 1. The maximum absolute atomic E-state index is 14.2. The number of imidazole rings is 1. The highest BCUT2D eigenvalue weighted by Crippen LogP contribution is 2.46. The van der Waals surface area contributed by atoms with Crippen molar-refractivity contribution >= 4 is 22.9 Å². The Morgan fingerprint density at radius 3 is 2.34 bits per heavy atom. The lowest BCUT2D eigenvalue weighted by Gasteiger charge is -2.28. The number of carboxylic acid groups (broad SMARTS) is 1. The van der Waals surface area contributed by atoms with Crippen molar-refractivity contribution in [3.8, 4) is 11.1 Å². The van der Waals surface area contributed by atoms with E-state index in [1.165, 1.54) is 4.57 Å². The van der Waals surface area contributed by atoms with E-state index in [1.807, 2.05) is 33.8 Å². The molecule has 0 spiro atoms. The molecule has 0 amide bonds. The molecule has 0 radical (unpaired) electrons. The molecule has 3 aromatic rings. The standard InChI is InChI=1S/C27H33N3O5/c1-13-19(14(2)35-29-13)16-12-17-22(28-24(15-8-9-15)30(17)25(32)33)20(21(16)26(3,4)5)23(31)18-10-11-27(6,7)34-18/h12,15,18H,8-11H2,1-7H3,(H,32,33). The number of hydrogen-bond donors (Lipinski definition) is 1. The molecule has 0 bridgehead atoms. The molecule has 8 heteroatoms. The fourth-order valence-electron chi connectivity index (χ4n) is 5.46. The molecular weight excluding hydrogens is 446 g/mol. The van der Waals surface area contributed by atoms with E-state index in [-0.39, 0.29) is 17.3 Å². The number of carbonyl (C=O) groups excluding carboxylic acids is 1. The minimum Gasteiger partial charge on any atom is -0.464 e. The average Bonchev–Trinajstić information content (AvgIpc) is 3.31. The second kappa shape index (κ2) is 7.75. The Hall–Kier alpha value is -3.00. The minimum atomic E-state index is -1.10. The third kappa shape index (κ3) is 3.88. The van der Waals surface area contributed by atoms with Gasteiger partial charge >= 0.3 is 6.09 Å². The van der Waals surface area contributed by atoms with Crippen LogP contribution in [0.25, 0.3) is 22.2 Å². The van der Waals surface area contributed by atoms with Crippen molar-refractivity contribution < 1.29 is 24.0 Å². The van der Waals surface area contributed by atoms with Gasteiger partial charge in [0.25, 0.3) is 0 Å². The second-order valence-electron chi connectivity index (χ2n) is 11.6. The van der Waals surface area contributed by atoms with E-state index in [0.717, 1.165) is 36.0 Å². The van der Waals surface area contributed by atoms with Gasteiger partial charge in [-0.3, -0.25) is 4.79 Å². The van der Waals surface area contributed by atoms with Gasteiger partial charge in [0.15, 0.2) is 5.78 Å². The van der Waals surface area contributed by atoms with Crippen LogP contribution in [0.4, 0.5) is 4.79 Å². The molecule has 186 valence electrons. The van der Waals surface area contributed by atoms with E-state index >= 15 is 0 Å². The fraction of sp³-hybridized carbons (Fsp3) is 0.556. The van der Waals surface area contributed by atoms with E-state index < -0.39 is 17.6 Å². The van der Waals surface area contributed by atoms with Gasteiger partial charge in [-0.1, -0.05) is 25.9 Å². The molecule has 1 N–H and O–H groups in total. The van der Waals surface area contributed by atoms with Gasteiger partial charge in [-0.25, -0.2) is 14.3 Å². The Bertz CT molecular complexity index is 1350. The molecule has 35 heavy (non-hydrogen) atoms. The Morgan fingerprint density at radius 1 is 1.17 bits per heavy atom. The quantitative estimate of drug-likeness (QED) is 0.447. The molecule has 5 rings (SSSR count). The lowest BCUT2D eigenvalue weighted by molar-refractivity contribution is -0.00726. The predicted octanol–water partition coefficient (Wildman–Crippen LogP) is 6.15. The maximum atomic E-state index is 14.2. The molecule has 1 aliphatic heterocycles. The van der Waals surface area contributed by atoms with E-state index in [4.69, 9.17) is 14.2 Å². The number of Topliss-reactive ketones (excluding diaryl/α,β-unsaturated/α-hetero) is 1. The van der Waals surface area contributed by atoms with Crippen molar-refractivity contribution in [2.24, 2.45) is 0 Å². The molecule has 1 saturated heterocycles. The van der Waals surface area contributed by atoms with Gasteiger partial charge in [0.1, 0.15) is 23.2 Å². The largest absolute Gasteiger partial charge is 0.464 e. The SMILES string of the molecule is Cc1noc(C)c1-c1cc2c(nc(C3CC3)n2C(=O)O)c(C(=O)C2CCC(C)(C)O2)c1C(C)(C)C. The van der Waals surface area contributed by atoms with Crippen LogP contribution in [0, 0.1) is 13.8 Å². The van der Waals surface area contributed by atoms with Crippen LogP contribution in [0.2, 0.25) is 0 Å². The lowest BCUT2D eigenvalue weighted by Crippen LogP contribution is -2.29. The van der Waals surface area contributed by atoms with E-state index in [2.05, 4.69) is 25.9 Å². The summed E-state index contributed by atoms with van der Waals surface area (Å²) in [5, 5.41) is 14.3. The summed E-state index contributed by atoms with van der Waals surface area (Å²) in [6.07, 6.45) is 1.47. The van der Waals surface area contributed by atoms with E-state index in [0.29, 0.717) is 40.3 Å². The number of aryl methyl sites for hydroxylation is 2. The first-order chi connectivity index (χ1) is 16.3. The topological polar surface area (TPSA) is 107 Å². The van der Waals surface area contributed by atoms with Crippen molar-refractivity contribution in [2.45, 2.75) is 97.2 Å². The smallest absolute Gasteiger partial charge is 0.417 e. The van der Waals surface area contributed by atoms with Crippen molar-refractivity contribution in [3.63, 3.8) is 0 Å². The number of carbonyl (C=O) groups is 2. The van der Waals surface area contributed by atoms with Gasteiger partial charge in [0.05, 0.1) is 22.4 Å². The van der Waals surface area contributed by atoms with E-state index in [1.54, 1.807) is 0 Å². The summed E-state index contributed by atoms with van der Waals surface area (Å²) < 4.78 is 12.9. The molecule has 8 nitrogen and oxygen atoms in total. The molecule has 2 aromatic heterocycles. The Kier molecular flexibility index (Phi) is 5.25. The zero-order chi connectivity index (χ0) is 25.4. The maximum Gasteiger partial charge on any atom is 0.417 e. The molecule has 1 unspecified atom stereocenters. The normalized spacial score (nSPS) is 20.0. The number of ketones is 1. The minimum absolute atomic E-state index is 0.0868. The van der Waals surface area contributed by atoms with Crippen LogP contribution in [-0.2, 0) is 10.2 Å². The molecule has 1 atom stereocenters. The average molecular weight is 480 g/mol. The van der Waals surface area contributed by atoms with Crippen LogP contribution in [0.3, 0.4) is 0 Å². The monoisotopic (exact) mass is 479 g/mol. The van der Waals surface area contributed by atoms with Gasteiger partial charge in [0, 0.05) is 11.5 Å². The molecule has 1 aromatic carbocycles. The first kappa shape index (κ1) is 23.7.